The molecule has 0 saturated heterocycles. The molecule has 0 aromatic rings. The van der Waals surface area contributed by atoms with Crippen LogP contribution >= 0.6 is 0 Å². The lowest BCUT2D eigenvalue weighted by atomic mass is 9.96. The van der Waals surface area contributed by atoms with E-state index in [2.05, 4.69) is 0 Å². The van der Waals surface area contributed by atoms with Gasteiger partial charge in [0.15, 0.2) is 0 Å². The number of aliphatic hydroxyl groups excluding tert-OH is 2. The van der Waals surface area contributed by atoms with E-state index >= 15 is 0 Å². The summed E-state index contributed by atoms with van der Waals surface area (Å²) in [5, 5.41) is 18.4. The van der Waals surface area contributed by atoms with Gasteiger partial charge in [0.05, 0.1) is 6.10 Å². The Morgan fingerprint density at radius 2 is 1.77 bits per heavy atom. The molecule has 0 bridgehead atoms. The standard InChI is InChI=1S/C11H22O2/c12-9-5-1-2-8-11(13)10-6-3-4-7-10/h10-13H,1-9H2. The summed E-state index contributed by atoms with van der Waals surface area (Å²) in [6.45, 7) is 0.291. The van der Waals surface area contributed by atoms with E-state index in [1.807, 2.05) is 0 Å². The summed E-state index contributed by atoms with van der Waals surface area (Å²) in [6, 6.07) is 0. The van der Waals surface area contributed by atoms with E-state index in [-0.39, 0.29) is 6.10 Å². The maximum Gasteiger partial charge on any atom is 0.0568 e. The minimum Gasteiger partial charge on any atom is -0.396 e. The molecule has 1 rings (SSSR count). The van der Waals surface area contributed by atoms with Crippen LogP contribution in [-0.2, 0) is 0 Å². The third-order valence-electron chi connectivity index (χ3n) is 3.10. The molecule has 0 heterocycles. The number of rotatable bonds is 6. The van der Waals surface area contributed by atoms with Crippen molar-refractivity contribution in [1.29, 1.82) is 0 Å². The highest BCUT2D eigenvalue weighted by atomic mass is 16.3. The molecule has 2 heteroatoms. The quantitative estimate of drug-likeness (QED) is 0.624. The van der Waals surface area contributed by atoms with E-state index < -0.39 is 0 Å². The molecule has 1 aliphatic carbocycles. The molecular weight excluding hydrogens is 164 g/mol. The van der Waals surface area contributed by atoms with Crippen LogP contribution in [0, 0.1) is 5.92 Å². The van der Waals surface area contributed by atoms with Gasteiger partial charge in [0.2, 0.25) is 0 Å². The Balaban J connectivity index is 1.99. The maximum atomic E-state index is 9.79. The van der Waals surface area contributed by atoms with Gasteiger partial charge >= 0.3 is 0 Å². The average molecular weight is 186 g/mol. The van der Waals surface area contributed by atoms with Crippen molar-refractivity contribution in [2.45, 2.75) is 57.5 Å². The Hall–Kier alpha value is -0.0800. The van der Waals surface area contributed by atoms with Crippen LogP contribution in [0.3, 0.4) is 0 Å². The van der Waals surface area contributed by atoms with Crippen molar-refractivity contribution in [3.63, 3.8) is 0 Å². The van der Waals surface area contributed by atoms with Crippen LogP contribution in [0.2, 0.25) is 0 Å². The van der Waals surface area contributed by atoms with Crippen LogP contribution < -0.4 is 0 Å². The number of aliphatic hydroxyl groups is 2. The number of hydrogen-bond acceptors (Lipinski definition) is 2. The van der Waals surface area contributed by atoms with Gasteiger partial charge in [0.1, 0.15) is 0 Å². The summed E-state index contributed by atoms with van der Waals surface area (Å²) in [5.41, 5.74) is 0. The second-order valence-corrected chi connectivity index (χ2v) is 4.18. The molecule has 1 aliphatic rings. The molecule has 13 heavy (non-hydrogen) atoms. The Labute approximate surface area is 81.0 Å². The zero-order valence-corrected chi connectivity index (χ0v) is 8.41. The zero-order chi connectivity index (χ0) is 9.52. The van der Waals surface area contributed by atoms with E-state index in [1.165, 1.54) is 25.7 Å². The van der Waals surface area contributed by atoms with Crippen LogP contribution in [0.15, 0.2) is 0 Å². The smallest absolute Gasteiger partial charge is 0.0568 e. The zero-order valence-electron chi connectivity index (χ0n) is 8.41. The van der Waals surface area contributed by atoms with Crippen molar-refractivity contribution < 1.29 is 10.2 Å². The molecule has 2 N–H and O–H groups in total. The second-order valence-electron chi connectivity index (χ2n) is 4.18. The highest BCUT2D eigenvalue weighted by Gasteiger charge is 2.22. The first-order valence-corrected chi connectivity index (χ1v) is 5.63. The van der Waals surface area contributed by atoms with Crippen LogP contribution in [0.25, 0.3) is 0 Å². The van der Waals surface area contributed by atoms with Gasteiger partial charge in [-0.1, -0.05) is 25.7 Å². The fraction of sp³-hybridized carbons (Fsp3) is 1.00. The van der Waals surface area contributed by atoms with Crippen molar-refractivity contribution >= 4 is 0 Å². The van der Waals surface area contributed by atoms with Gasteiger partial charge in [-0.3, -0.25) is 0 Å². The van der Waals surface area contributed by atoms with E-state index in [1.54, 1.807) is 0 Å². The normalized spacial score (nSPS) is 20.8. The molecule has 0 aromatic heterocycles. The predicted molar refractivity (Wildman–Crippen MR) is 53.5 cm³/mol. The molecule has 0 aromatic carbocycles. The SMILES string of the molecule is OCCCCCC(O)C1CCCC1. The van der Waals surface area contributed by atoms with Gasteiger partial charge in [-0.15, -0.1) is 0 Å². The molecule has 1 unspecified atom stereocenters. The molecule has 0 amide bonds. The lowest BCUT2D eigenvalue weighted by Crippen LogP contribution is -2.17. The van der Waals surface area contributed by atoms with E-state index in [4.69, 9.17) is 5.11 Å². The third-order valence-corrected chi connectivity index (χ3v) is 3.10. The summed E-state index contributed by atoms with van der Waals surface area (Å²) < 4.78 is 0. The third kappa shape index (κ3) is 4.10. The van der Waals surface area contributed by atoms with Crippen molar-refractivity contribution in [2.75, 3.05) is 6.61 Å². The Bertz CT molecular complexity index is 119. The largest absolute Gasteiger partial charge is 0.396 e. The van der Waals surface area contributed by atoms with Crippen LogP contribution in [-0.4, -0.2) is 22.9 Å². The molecule has 1 fully saturated rings. The molecule has 2 nitrogen and oxygen atoms in total. The molecule has 0 spiro atoms. The van der Waals surface area contributed by atoms with Crippen LogP contribution in [0.5, 0.6) is 0 Å². The summed E-state index contributed by atoms with van der Waals surface area (Å²) >= 11 is 0. The van der Waals surface area contributed by atoms with Gasteiger partial charge in [0.25, 0.3) is 0 Å². The highest BCUT2D eigenvalue weighted by Crippen LogP contribution is 2.29. The van der Waals surface area contributed by atoms with Crippen LogP contribution in [0.1, 0.15) is 51.4 Å². The lowest BCUT2D eigenvalue weighted by molar-refractivity contribution is 0.0984. The Morgan fingerprint density at radius 3 is 2.38 bits per heavy atom. The Morgan fingerprint density at radius 1 is 1.08 bits per heavy atom. The van der Waals surface area contributed by atoms with Crippen molar-refractivity contribution in [3.05, 3.63) is 0 Å². The first-order valence-electron chi connectivity index (χ1n) is 5.63. The topological polar surface area (TPSA) is 40.5 Å². The summed E-state index contributed by atoms with van der Waals surface area (Å²) in [4.78, 5) is 0. The van der Waals surface area contributed by atoms with Gasteiger partial charge in [-0.05, 0) is 31.6 Å². The fourth-order valence-electron chi connectivity index (χ4n) is 2.22. The van der Waals surface area contributed by atoms with Gasteiger partial charge in [-0.25, -0.2) is 0 Å². The number of unbranched alkanes of at least 4 members (excludes halogenated alkanes) is 2. The number of hydrogen-bond donors (Lipinski definition) is 2. The summed E-state index contributed by atoms with van der Waals surface area (Å²) in [6.07, 6.45) is 8.93. The minimum absolute atomic E-state index is 0.0683. The molecule has 0 aliphatic heterocycles. The lowest BCUT2D eigenvalue weighted by Gasteiger charge is -2.16. The molecule has 78 valence electrons. The fourth-order valence-corrected chi connectivity index (χ4v) is 2.22. The first-order chi connectivity index (χ1) is 6.34. The van der Waals surface area contributed by atoms with Gasteiger partial charge < -0.3 is 10.2 Å². The van der Waals surface area contributed by atoms with E-state index in [0.717, 1.165) is 25.7 Å². The molecule has 1 atom stereocenters. The molecule has 1 saturated carbocycles. The van der Waals surface area contributed by atoms with Crippen LogP contribution in [0.4, 0.5) is 0 Å². The Kier molecular flexibility index (Phi) is 5.40. The van der Waals surface area contributed by atoms with Gasteiger partial charge in [0, 0.05) is 6.61 Å². The first kappa shape index (κ1) is 11.0. The summed E-state index contributed by atoms with van der Waals surface area (Å²) in [5.74, 6) is 0.578. The van der Waals surface area contributed by atoms with Crippen molar-refractivity contribution in [2.24, 2.45) is 5.92 Å². The maximum absolute atomic E-state index is 9.79. The van der Waals surface area contributed by atoms with Crippen molar-refractivity contribution in [1.82, 2.24) is 0 Å². The highest BCUT2D eigenvalue weighted by molar-refractivity contribution is 4.74. The van der Waals surface area contributed by atoms with E-state index in [0.29, 0.717) is 12.5 Å². The van der Waals surface area contributed by atoms with E-state index in [9.17, 15) is 5.11 Å². The summed E-state index contributed by atoms with van der Waals surface area (Å²) in [7, 11) is 0. The minimum atomic E-state index is -0.0683. The predicted octanol–water partition coefficient (Wildman–Crippen LogP) is 2.09. The van der Waals surface area contributed by atoms with Gasteiger partial charge in [-0.2, -0.15) is 0 Å². The second kappa shape index (κ2) is 6.39. The molecule has 0 radical (unpaired) electrons. The monoisotopic (exact) mass is 186 g/mol. The molecular formula is C11H22O2. The van der Waals surface area contributed by atoms with Crippen molar-refractivity contribution in [3.8, 4) is 0 Å². The average Bonchev–Trinajstić information content (AvgIpc) is 2.65.